The number of hydrogen-bond acceptors (Lipinski definition) is 1. The molecule has 1 aromatic rings. The summed E-state index contributed by atoms with van der Waals surface area (Å²) in [6, 6.07) is 7.69. The average molecular weight is 227 g/mol. The first-order chi connectivity index (χ1) is 6.95. The predicted octanol–water partition coefficient (Wildman–Crippen LogP) is 3.68. The summed E-state index contributed by atoms with van der Waals surface area (Å²) in [6.45, 7) is 6.06. The van der Waals surface area contributed by atoms with Gasteiger partial charge in [0.05, 0.1) is 5.60 Å². The van der Waals surface area contributed by atoms with Crippen molar-refractivity contribution in [1.29, 1.82) is 0 Å². The third-order valence-corrected chi connectivity index (χ3v) is 3.36. The third-order valence-electron chi connectivity index (χ3n) is 3.13. The molecule has 0 saturated carbocycles. The van der Waals surface area contributed by atoms with Crippen LogP contribution in [0.5, 0.6) is 0 Å². The van der Waals surface area contributed by atoms with Crippen LogP contribution in [0.4, 0.5) is 0 Å². The van der Waals surface area contributed by atoms with E-state index >= 15 is 0 Å². The zero-order valence-electron chi connectivity index (χ0n) is 9.63. The fraction of sp³-hybridized carbons (Fsp3) is 0.538. The Morgan fingerprint density at radius 1 is 1.47 bits per heavy atom. The lowest BCUT2D eigenvalue weighted by atomic mass is 9.83. The van der Waals surface area contributed by atoms with E-state index in [2.05, 4.69) is 13.8 Å². The van der Waals surface area contributed by atoms with Crippen LogP contribution in [0.25, 0.3) is 0 Å². The van der Waals surface area contributed by atoms with Gasteiger partial charge >= 0.3 is 0 Å². The molecule has 0 saturated heterocycles. The van der Waals surface area contributed by atoms with Gasteiger partial charge in [0.1, 0.15) is 0 Å². The van der Waals surface area contributed by atoms with E-state index in [0.29, 0.717) is 6.42 Å². The van der Waals surface area contributed by atoms with Gasteiger partial charge in [0.25, 0.3) is 0 Å². The minimum atomic E-state index is -0.653. The summed E-state index contributed by atoms with van der Waals surface area (Å²) >= 11 is 5.91. The predicted molar refractivity (Wildman–Crippen MR) is 65.2 cm³/mol. The van der Waals surface area contributed by atoms with E-state index in [1.54, 1.807) is 0 Å². The van der Waals surface area contributed by atoms with Gasteiger partial charge in [-0.25, -0.2) is 0 Å². The van der Waals surface area contributed by atoms with Crippen molar-refractivity contribution in [3.05, 3.63) is 34.9 Å². The van der Waals surface area contributed by atoms with Gasteiger partial charge in [0.15, 0.2) is 0 Å². The van der Waals surface area contributed by atoms with Crippen LogP contribution in [-0.2, 0) is 6.42 Å². The molecule has 15 heavy (non-hydrogen) atoms. The van der Waals surface area contributed by atoms with E-state index in [4.69, 9.17) is 11.6 Å². The van der Waals surface area contributed by atoms with Crippen LogP contribution >= 0.6 is 11.6 Å². The van der Waals surface area contributed by atoms with Crippen molar-refractivity contribution in [2.24, 2.45) is 5.92 Å². The number of rotatable bonds is 4. The summed E-state index contributed by atoms with van der Waals surface area (Å²) in [7, 11) is 0. The zero-order chi connectivity index (χ0) is 11.5. The van der Waals surface area contributed by atoms with Gasteiger partial charge in [0, 0.05) is 11.4 Å². The first kappa shape index (κ1) is 12.5. The van der Waals surface area contributed by atoms with Crippen molar-refractivity contribution in [2.45, 2.75) is 39.2 Å². The number of halogens is 1. The monoisotopic (exact) mass is 226 g/mol. The first-order valence-corrected chi connectivity index (χ1v) is 5.80. The van der Waals surface area contributed by atoms with Gasteiger partial charge in [-0.2, -0.15) is 0 Å². The lowest BCUT2D eigenvalue weighted by Crippen LogP contribution is -2.34. The summed E-state index contributed by atoms with van der Waals surface area (Å²) in [5, 5.41) is 11.0. The second-order valence-corrected chi connectivity index (χ2v) is 4.91. The number of hydrogen-bond donors (Lipinski definition) is 1. The maximum atomic E-state index is 10.3. The molecule has 2 atom stereocenters. The number of aliphatic hydroxyl groups is 1. The maximum Gasteiger partial charge on any atom is 0.0685 e. The van der Waals surface area contributed by atoms with E-state index < -0.39 is 5.60 Å². The van der Waals surface area contributed by atoms with Crippen molar-refractivity contribution in [2.75, 3.05) is 0 Å². The highest BCUT2D eigenvalue weighted by molar-refractivity contribution is 6.30. The molecular weight excluding hydrogens is 208 g/mol. The largest absolute Gasteiger partial charge is 0.390 e. The van der Waals surface area contributed by atoms with Crippen LogP contribution in [0.2, 0.25) is 5.02 Å². The van der Waals surface area contributed by atoms with Gasteiger partial charge in [-0.15, -0.1) is 0 Å². The van der Waals surface area contributed by atoms with Crippen LogP contribution in [0.3, 0.4) is 0 Å². The molecule has 0 fully saturated rings. The molecule has 0 radical (unpaired) electrons. The van der Waals surface area contributed by atoms with Gasteiger partial charge in [-0.3, -0.25) is 0 Å². The Bertz CT molecular complexity index is 320. The number of benzene rings is 1. The molecule has 0 aliphatic carbocycles. The molecule has 0 amide bonds. The van der Waals surface area contributed by atoms with Gasteiger partial charge in [0.2, 0.25) is 0 Å². The molecule has 0 spiro atoms. The second kappa shape index (κ2) is 5.00. The Labute approximate surface area is 97.1 Å². The summed E-state index contributed by atoms with van der Waals surface area (Å²) in [5.41, 5.74) is 0.437. The van der Waals surface area contributed by atoms with Crippen LogP contribution in [0.1, 0.15) is 32.8 Å². The van der Waals surface area contributed by atoms with Crippen molar-refractivity contribution < 1.29 is 5.11 Å². The van der Waals surface area contributed by atoms with Crippen LogP contribution < -0.4 is 0 Å². The molecule has 0 bridgehead atoms. The first-order valence-electron chi connectivity index (χ1n) is 5.42. The molecule has 0 aliphatic rings. The molecule has 1 nitrogen and oxygen atoms in total. The maximum absolute atomic E-state index is 10.3. The quantitative estimate of drug-likeness (QED) is 0.831. The highest BCUT2D eigenvalue weighted by atomic mass is 35.5. The van der Waals surface area contributed by atoms with E-state index in [1.807, 2.05) is 31.2 Å². The standard InChI is InChI=1S/C13H19ClO/c1-4-10(2)13(3,15)9-11-6-5-7-12(14)8-11/h5-8,10,15H,4,9H2,1-3H3. The van der Waals surface area contributed by atoms with Crippen LogP contribution in [-0.4, -0.2) is 10.7 Å². The molecular formula is C13H19ClO. The van der Waals surface area contributed by atoms with E-state index in [9.17, 15) is 5.11 Å². The molecule has 84 valence electrons. The van der Waals surface area contributed by atoms with E-state index in [-0.39, 0.29) is 5.92 Å². The fourth-order valence-electron chi connectivity index (χ4n) is 1.67. The third kappa shape index (κ3) is 3.51. The van der Waals surface area contributed by atoms with Gasteiger partial charge < -0.3 is 5.11 Å². The Hall–Kier alpha value is -0.530. The van der Waals surface area contributed by atoms with Crippen molar-refractivity contribution >= 4 is 11.6 Å². The molecule has 1 aromatic carbocycles. The average Bonchev–Trinajstić information content (AvgIpc) is 2.15. The second-order valence-electron chi connectivity index (χ2n) is 4.47. The zero-order valence-corrected chi connectivity index (χ0v) is 10.4. The van der Waals surface area contributed by atoms with E-state index in [1.165, 1.54) is 0 Å². The van der Waals surface area contributed by atoms with Gasteiger partial charge in [-0.1, -0.05) is 44.0 Å². The minimum absolute atomic E-state index is 0.288. The molecule has 0 aliphatic heterocycles. The van der Waals surface area contributed by atoms with Gasteiger partial charge in [-0.05, 0) is 30.5 Å². The van der Waals surface area contributed by atoms with Crippen molar-refractivity contribution in [3.63, 3.8) is 0 Å². The normalized spacial score (nSPS) is 17.1. The van der Waals surface area contributed by atoms with Crippen LogP contribution in [0, 0.1) is 5.92 Å². The fourth-order valence-corrected chi connectivity index (χ4v) is 1.89. The van der Waals surface area contributed by atoms with Crippen molar-refractivity contribution in [1.82, 2.24) is 0 Å². The molecule has 1 rings (SSSR count). The highest BCUT2D eigenvalue weighted by Crippen LogP contribution is 2.25. The lowest BCUT2D eigenvalue weighted by Gasteiger charge is -2.29. The summed E-state index contributed by atoms with van der Waals surface area (Å²) < 4.78 is 0. The molecule has 2 unspecified atom stereocenters. The highest BCUT2D eigenvalue weighted by Gasteiger charge is 2.27. The Balaban J connectivity index is 2.77. The summed E-state index contributed by atoms with van der Waals surface area (Å²) in [6.07, 6.45) is 1.64. The van der Waals surface area contributed by atoms with Crippen LogP contribution in [0.15, 0.2) is 24.3 Å². The lowest BCUT2D eigenvalue weighted by molar-refractivity contribution is 0.00517. The van der Waals surface area contributed by atoms with Crippen molar-refractivity contribution in [3.8, 4) is 0 Å². The summed E-state index contributed by atoms with van der Waals surface area (Å²) in [5.74, 6) is 0.288. The SMILES string of the molecule is CCC(C)C(C)(O)Cc1cccc(Cl)c1. The Morgan fingerprint density at radius 2 is 2.13 bits per heavy atom. The smallest absolute Gasteiger partial charge is 0.0685 e. The Morgan fingerprint density at radius 3 is 2.67 bits per heavy atom. The minimum Gasteiger partial charge on any atom is -0.390 e. The van der Waals surface area contributed by atoms with E-state index in [0.717, 1.165) is 17.0 Å². The molecule has 0 aromatic heterocycles. The Kier molecular flexibility index (Phi) is 4.18. The summed E-state index contributed by atoms with van der Waals surface area (Å²) in [4.78, 5) is 0. The topological polar surface area (TPSA) is 20.2 Å². The molecule has 1 N–H and O–H groups in total. The molecule has 0 heterocycles. The molecule has 2 heteroatoms.